The van der Waals surface area contributed by atoms with Crippen LogP contribution in [-0.2, 0) is 6.42 Å². The number of thiophene rings is 1. The smallest absolute Gasteiger partial charge is 0.228 e. The molecule has 0 spiro atoms. The highest BCUT2D eigenvalue weighted by Crippen LogP contribution is 2.29. The van der Waals surface area contributed by atoms with Gasteiger partial charge in [-0.25, -0.2) is 0 Å². The van der Waals surface area contributed by atoms with Gasteiger partial charge in [0.05, 0.1) is 8.66 Å². The van der Waals surface area contributed by atoms with Crippen molar-refractivity contribution in [3.8, 4) is 10.7 Å². The maximum absolute atomic E-state index is 6.15. The topological polar surface area (TPSA) is 64.9 Å². The largest absolute Gasteiger partial charge is 0.339 e. The lowest BCUT2D eigenvalue weighted by atomic mass is 10.1. The molecule has 0 saturated carbocycles. The van der Waals surface area contributed by atoms with E-state index in [9.17, 15) is 0 Å². The summed E-state index contributed by atoms with van der Waals surface area (Å²) in [6.45, 7) is 0. The maximum Gasteiger partial charge on any atom is 0.228 e. The molecule has 0 fully saturated rings. The summed E-state index contributed by atoms with van der Waals surface area (Å²) in [5.74, 6) is 1.16. The van der Waals surface area contributed by atoms with Gasteiger partial charge in [0.25, 0.3) is 0 Å². The zero-order valence-electron chi connectivity index (χ0n) is 10.5. The fraction of sp³-hybridized carbons (Fsp3) is 0.143. The Labute approximate surface area is 128 Å². The van der Waals surface area contributed by atoms with E-state index in [2.05, 4.69) is 26.1 Å². The second kappa shape index (κ2) is 5.87. The second-order valence-corrected chi connectivity index (χ2v) is 6.80. The summed E-state index contributed by atoms with van der Waals surface area (Å²) in [6.07, 6.45) is 0.531. The van der Waals surface area contributed by atoms with Crippen LogP contribution in [0, 0.1) is 0 Å². The van der Waals surface area contributed by atoms with E-state index in [4.69, 9.17) is 10.3 Å². The zero-order valence-corrected chi connectivity index (χ0v) is 12.9. The van der Waals surface area contributed by atoms with Crippen molar-refractivity contribution in [2.24, 2.45) is 5.73 Å². The lowest BCUT2D eigenvalue weighted by molar-refractivity contribution is 0.370. The van der Waals surface area contributed by atoms with Crippen molar-refractivity contribution in [2.45, 2.75) is 12.5 Å². The first kappa shape index (κ1) is 13.5. The molecule has 0 aliphatic heterocycles. The van der Waals surface area contributed by atoms with Crippen molar-refractivity contribution < 1.29 is 4.52 Å². The highest BCUT2D eigenvalue weighted by atomic mass is 79.9. The first-order valence-electron chi connectivity index (χ1n) is 6.11. The fourth-order valence-electron chi connectivity index (χ4n) is 1.88. The van der Waals surface area contributed by atoms with Gasteiger partial charge in [0.2, 0.25) is 11.7 Å². The van der Waals surface area contributed by atoms with Gasteiger partial charge >= 0.3 is 0 Å². The molecule has 20 heavy (non-hydrogen) atoms. The molecule has 1 aromatic carbocycles. The predicted octanol–water partition coefficient (Wildman–Crippen LogP) is 3.80. The molecule has 4 nitrogen and oxygen atoms in total. The summed E-state index contributed by atoms with van der Waals surface area (Å²) in [5.41, 5.74) is 7.21. The van der Waals surface area contributed by atoms with Gasteiger partial charge in [-0.1, -0.05) is 35.5 Å². The van der Waals surface area contributed by atoms with Crippen molar-refractivity contribution >= 4 is 27.3 Å². The molecule has 0 bridgehead atoms. The van der Waals surface area contributed by atoms with Crippen molar-refractivity contribution in [3.63, 3.8) is 0 Å². The van der Waals surface area contributed by atoms with Gasteiger partial charge in [-0.15, -0.1) is 11.3 Å². The van der Waals surface area contributed by atoms with Crippen LogP contribution in [0.2, 0.25) is 0 Å². The third kappa shape index (κ3) is 2.98. The van der Waals surface area contributed by atoms with Crippen LogP contribution < -0.4 is 5.73 Å². The molecule has 3 aromatic rings. The van der Waals surface area contributed by atoms with Gasteiger partial charge in [-0.3, -0.25) is 0 Å². The Morgan fingerprint density at radius 1 is 1.20 bits per heavy atom. The number of nitrogens with two attached hydrogens (primary N) is 1. The van der Waals surface area contributed by atoms with Crippen LogP contribution >= 0.6 is 27.3 Å². The van der Waals surface area contributed by atoms with Crippen molar-refractivity contribution in [1.82, 2.24) is 10.1 Å². The zero-order chi connectivity index (χ0) is 13.9. The Kier molecular flexibility index (Phi) is 3.95. The molecule has 0 saturated heterocycles. The van der Waals surface area contributed by atoms with Gasteiger partial charge in [-0.05, 0) is 33.6 Å². The summed E-state index contributed by atoms with van der Waals surface area (Å²) in [7, 11) is 0. The third-order valence-electron chi connectivity index (χ3n) is 2.88. The normalized spacial score (nSPS) is 12.5. The van der Waals surface area contributed by atoms with Gasteiger partial charge in [0, 0.05) is 12.5 Å². The summed E-state index contributed by atoms with van der Waals surface area (Å²) in [6, 6.07) is 13.7. The first-order chi connectivity index (χ1) is 9.72. The number of hydrogen-bond acceptors (Lipinski definition) is 5. The maximum atomic E-state index is 6.15. The number of rotatable bonds is 4. The number of benzene rings is 1. The van der Waals surface area contributed by atoms with Crippen molar-refractivity contribution in [3.05, 3.63) is 57.7 Å². The minimum absolute atomic E-state index is 0.139. The van der Waals surface area contributed by atoms with Crippen molar-refractivity contribution in [2.75, 3.05) is 0 Å². The van der Waals surface area contributed by atoms with Crippen LogP contribution in [0.1, 0.15) is 17.5 Å². The molecule has 0 amide bonds. The van der Waals surface area contributed by atoms with E-state index >= 15 is 0 Å². The summed E-state index contributed by atoms with van der Waals surface area (Å²) in [4.78, 5) is 5.36. The monoisotopic (exact) mass is 349 g/mol. The van der Waals surface area contributed by atoms with E-state index in [1.165, 1.54) is 0 Å². The van der Waals surface area contributed by atoms with Crippen LogP contribution in [0.15, 0.2) is 50.8 Å². The number of nitrogens with zero attached hydrogens (tertiary/aromatic N) is 2. The molecule has 6 heteroatoms. The van der Waals surface area contributed by atoms with Crippen LogP contribution in [0.3, 0.4) is 0 Å². The molecule has 102 valence electrons. The Bertz CT molecular complexity index is 695. The molecule has 3 rings (SSSR count). The molecule has 0 aliphatic rings. The highest BCUT2D eigenvalue weighted by Gasteiger charge is 2.14. The second-order valence-electron chi connectivity index (χ2n) is 4.34. The predicted molar refractivity (Wildman–Crippen MR) is 82.4 cm³/mol. The summed E-state index contributed by atoms with van der Waals surface area (Å²) >= 11 is 4.99. The van der Waals surface area contributed by atoms with E-state index in [-0.39, 0.29) is 6.04 Å². The third-order valence-corrected chi connectivity index (χ3v) is 4.50. The average molecular weight is 350 g/mol. The summed E-state index contributed by atoms with van der Waals surface area (Å²) < 4.78 is 6.31. The molecule has 0 aliphatic carbocycles. The van der Waals surface area contributed by atoms with Crippen LogP contribution in [0.25, 0.3) is 10.7 Å². The molecule has 0 radical (unpaired) electrons. The Morgan fingerprint density at radius 2 is 2.00 bits per heavy atom. The van der Waals surface area contributed by atoms with Gasteiger partial charge < -0.3 is 10.3 Å². The average Bonchev–Trinajstić information content (AvgIpc) is 3.09. The summed E-state index contributed by atoms with van der Waals surface area (Å²) in [5, 5.41) is 3.99. The van der Waals surface area contributed by atoms with Gasteiger partial charge in [0.15, 0.2) is 0 Å². The van der Waals surface area contributed by atoms with E-state index < -0.39 is 0 Å². The van der Waals surface area contributed by atoms with Crippen molar-refractivity contribution in [1.29, 1.82) is 0 Å². The van der Waals surface area contributed by atoms with E-state index in [0.29, 0.717) is 18.1 Å². The molecular formula is C14H12BrN3OS. The van der Waals surface area contributed by atoms with Crippen LogP contribution in [-0.4, -0.2) is 10.1 Å². The Balaban J connectivity index is 1.74. The molecule has 1 atom stereocenters. The number of hydrogen-bond donors (Lipinski definition) is 1. The van der Waals surface area contributed by atoms with E-state index in [1.807, 2.05) is 42.5 Å². The molecule has 1 unspecified atom stereocenters. The number of halogens is 1. The fourth-order valence-corrected chi connectivity index (χ4v) is 3.19. The molecular weight excluding hydrogens is 338 g/mol. The molecule has 2 heterocycles. The SMILES string of the molecule is NC(Cc1nc(-c2ccc(Br)s2)no1)c1ccccc1. The van der Waals surface area contributed by atoms with Crippen LogP contribution in [0.4, 0.5) is 0 Å². The van der Waals surface area contributed by atoms with E-state index in [0.717, 1.165) is 14.2 Å². The van der Waals surface area contributed by atoms with Gasteiger partial charge in [-0.2, -0.15) is 4.98 Å². The Hall–Kier alpha value is -1.50. The minimum atomic E-state index is -0.139. The lowest BCUT2D eigenvalue weighted by Gasteiger charge is -2.08. The quantitative estimate of drug-likeness (QED) is 0.777. The molecule has 2 N–H and O–H groups in total. The highest BCUT2D eigenvalue weighted by molar-refractivity contribution is 9.11. The lowest BCUT2D eigenvalue weighted by Crippen LogP contribution is -2.13. The first-order valence-corrected chi connectivity index (χ1v) is 7.72. The number of aromatic nitrogens is 2. The van der Waals surface area contributed by atoms with E-state index in [1.54, 1.807) is 11.3 Å². The van der Waals surface area contributed by atoms with Gasteiger partial charge in [0.1, 0.15) is 0 Å². The minimum Gasteiger partial charge on any atom is -0.339 e. The molecule has 2 aromatic heterocycles. The standard InChI is InChI=1S/C14H12BrN3OS/c15-12-7-6-11(20-12)14-17-13(19-18-14)8-10(16)9-4-2-1-3-5-9/h1-7,10H,8,16H2. The Morgan fingerprint density at radius 3 is 2.70 bits per heavy atom. The van der Waals surface area contributed by atoms with Crippen LogP contribution in [0.5, 0.6) is 0 Å².